The lowest BCUT2D eigenvalue weighted by atomic mass is 10.5. The molecule has 0 atom stereocenters. The highest BCUT2D eigenvalue weighted by Gasteiger charge is 2.10. The number of nitrogens with zero attached hydrogens (tertiary/aromatic N) is 2. The number of hydrogen-bond donors (Lipinski definition) is 0. The lowest BCUT2D eigenvalue weighted by Crippen LogP contribution is -2.26. The first-order valence-corrected chi connectivity index (χ1v) is 5.44. The maximum atomic E-state index is 11.2. The van der Waals surface area contributed by atoms with Gasteiger partial charge in [-0.25, -0.2) is 19.3 Å². The van der Waals surface area contributed by atoms with Crippen molar-refractivity contribution in [1.82, 2.24) is 10.5 Å². The van der Waals surface area contributed by atoms with Crippen LogP contribution >= 0.6 is 0 Å². The van der Waals surface area contributed by atoms with E-state index in [2.05, 4.69) is 19.4 Å². The third-order valence-electron chi connectivity index (χ3n) is 1.40. The van der Waals surface area contributed by atoms with Crippen molar-refractivity contribution in [2.24, 2.45) is 0 Å². The third-order valence-corrected chi connectivity index (χ3v) is 1.40. The number of carbonyl (C=O) groups excluding carboxylic acids is 4. The number of carbonyl (C=O) groups is 4. The molecule has 0 saturated heterocycles. The zero-order chi connectivity index (χ0) is 15.4. The van der Waals surface area contributed by atoms with E-state index < -0.39 is 11.9 Å². The van der Waals surface area contributed by atoms with E-state index in [4.69, 9.17) is 0 Å². The molecule has 0 aliphatic rings. The van der Waals surface area contributed by atoms with Crippen molar-refractivity contribution in [3.05, 3.63) is 12.2 Å². The molecular weight excluding hydrogens is 276 g/mol. The average Bonchev–Trinajstić information content (AvgIpc) is 2.44. The molecule has 0 aromatic heterocycles. The van der Waals surface area contributed by atoms with Gasteiger partial charge in [0.15, 0.2) is 0 Å². The van der Waals surface area contributed by atoms with Crippen LogP contribution in [0.5, 0.6) is 0 Å². The zero-order valence-electron chi connectivity index (χ0n) is 10.9. The Bertz CT molecular complexity index is 336. The molecule has 0 N–H and O–H groups in total. The van der Waals surface area contributed by atoms with Crippen molar-refractivity contribution in [3.8, 4) is 0 Å². The lowest BCUT2D eigenvalue weighted by molar-refractivity contribution is -0.311. The first-order chi connectivity index (χ1) is 9.57. The third kappa shape index (κ3) is 7.79. The second-order valence-electron chi connectivity index (χ2n) is 2.77. The maximum Gasteiger partial charge on any atom is 0.359 e. The number of hydrogen-bond acceptors (Lipinski definition) is 8. The first kappa shape index (κ1) is 17.5. The molecule has 0 unspecified atom stereocenters. The first-order valence-electron chi connectivity index (χ1n) is 5.44. The summed E-state index contributed by atoms with van der Waals surface area (Å²) in [4.78, 5) is 61.0. The molecule has 112 valence electrons. The Morgan fingerprint density at radius 1 is 0.850 bits per heavy atom. The van der Waals surface area contributed by atoms with Crippen molar-refractivity contribution in [1.29, 1.82) is 0 Å². The molecule has 0 radical (unpaired) electrons. The molecule has 10 nitrogen and oxygen atoms in total. The highest BCUT2D eigenvalue weighted by atomic mass is 17.0. The summed E-state index contributed by atoms with van der Waals surface area (Å²) in [6.07, 6.45) is 1.59. The van der Waals surface area contributed by atoms with Crippen LogP contribution in [-0.2, 0) is 38.5 Å². The van der Waals surface area contributed by atoms with Crippen LogP contribution in [0.4, 0.5) is 0 Å². The van der Waals surface area contributed by atoms with E-state index in [0.717, 1.165) is 0 Å². The van der Waals surface area contributed by atoms with Crippen LogP contribution < -0.4 is 0 Å². The van der Waals surface area contributed by atoms with Crippen molar-refractivity contribution in [3.63, 3.8) is 0 Å². The fourth-order valence-electron chi connectivity index (χ4n) is 0.785. The molecule has 2 amide bonds. The predicted molar refractivity (Wildman–Crippen MR) is 60.4 cm³/mol. The van der Waals surface area contributed by atoms with Crippen LogP contribution in [0, 0.1) is 0 Å². The summed E-state index contributed by atoms with van der Waals surface area (Å²) in [7, 11) is 0. The highest BCUT2D eigenvalue weighted by molar-refractivity contribution is 5.91. The molecule has 0 rings (SSSR count). The Morgan fingerprint density at radius 2 is 1.20 bits per heavy atom. The Morgan fingerprint density at radius 3 is 1.45 bits per heavy atom. The largest absolute Gasteiger partial charge is 0.359 e. The van der Waals surface area contributed by atoms with Crippen LogP contribution in [0.1, 0.15) is 13.8 Å². The van der Waals surface area contributed by atoms with Gasteiger partial charge in [0.25, 0.3) is 12.8 Å². The van der Waals surface area contributed by atoms with Crippen molar-refractivity contribution in [2.45, 2.75) is 13.8 Å². The van der Waals surface area contributed by atoms with Crippen LogP contribution in [0.15, 0.2) is 12.2 Å². The van der Waals surface area contributed by atoms with Crippen molar-refractivity contribution >= 4 is 24.8 Å². The van der Waals surface area contributed by atoms with Gasteiger partial charge in [-0.1, -0.05) is 0 Å². The minimum Gasteiger partial charge on any atom is -0.307 e. The van der Waals surface area contributed by atoms with E-state index in [1.165, 1.54) is 0 Å². The standard InChI is InChI=1S/C10H14N2O8/c1-3-17-11(7-13)19-9(15)5-6-10(16)20-12(8-14)18-4-2/h5-8H,3-4H2,1-2H3/b6-5+. The van der Waals surface area contributed by atoms with Gasteiger partial charge in [0.1, 0.15) is 0 Å². The van der Waals surface area contributed by atoms with E-state index in [0.29, 0.717) is 12.2 Å². The molecule has 0 heterocycles. The molecule has 0 aromatic carbocycles. The van der Waals surface area contributed by atoms with Gasteiger partial charge in [0.2, 0.25) is 0 Å². The zero-order valence-corrected chi connectivity index (χ0v) is 10.9. The molecule has 0 bridgehead atoms. The summed E-state index contributed by atoms with van der Waals surface area (Å²) in [5.74, 6) is -2.12. The smallest absolute Gasteiger partial charge is 0.307 e. The molecule has 20 heavy (non-hydrogen) atoms. The van der Waals surface area contributed by atoms with E-state index >= 15 is 0 Å². The Kier molecular flexibility index (Phi) is 9.17. The van der Waals surface area contributed by atoms with Gasteiger partial charge in [0.05, 0.1) is 13.2 Å². The average molecular weight is 290 g/mol. The summed E-state index contributed by atoms with van der Waals surface area (Å²) in [5.41, 5.74) is 0. The second-order valence-corrected chi connectivity index (χ2v) is 2.77. The number of rotatable bonds is 10. The van der Waals surface area contributed by atoms with Gasteiger partial charge in [0, 0.05) is 12.2 Å². The van der Waals surface area contributed by atoms with E-state index in [1.54, 1.807) is 13.8 Å². The van der Waals surface area contributed by atoms with Crippen molar-refractivity contribution in [2.75, 3.05) is 13.2 Å². The fraction of sp³-hybridized carbons (Fsp3) is 0.400. The monoisotopic (exact) mass is 290 g/mol. The summed E-state index contributed by atoms with van der Waals surface area (Å²) >= 11 is 0. The van der Waals surface area contributed by atoms with Crippen LogP contribution in [-0.4, -0.2) is 48.4 Å². The van der Waals surface area contributed by atoms with Gasteiger partial charge in [-0.05, 0) is 24.3 Å². The maximum absolute atomic E-state index is 11.2. The summed E-state index contributed by atoms with van der Waals surface area (Å²) in [6, 6.07) is 0. The van der Waals surface area contributed by atoms with Crippen molar-refractivity contribution < 1.29 is 38.5 Å². The summed E-state index contributed by atoms with van der Waals surface area (Å²) < 4.78 is 0. The second kappa shape index (κ2) is 10.5. The molecule has 0 aromatic rings. The molecule has 0 aliphatic carbocycles. The molecular formula is C10H14N2O8. The fourth-order valence-corrected chi connectivity index (χ4v) is 0.785. The van der Waals surface area contributed by atoms with E-state index in [9.17, 15) is 19.2 Å². The van der Waals surface area contributed by atoms with E-state index in [-0.39, 0.29) is 36.5 Å². The topological polar surface area (TPSA) is 112 Å². The SMILES string of the molecule is CCON(C=O)OC(=O)/C=C/C(=O)ON(C=O)OCC. The number of hydroxylamine groups is 4. The Balaban J connectivity index is 4.26. The molecule has 0 aliphatic heterocycles. The summed E-state index contributed by atoms with van der Waals surface area (Å²) in [5, 5.41) is 0.575. The van der Waals surface area contributed by atoms with Crippen LogP contribution in [0.3, 0.4) is 0 Å². The molecule has 0 saturated carbocycles. The summed E-state index contributed by atoms with van der Waals surface area (Å²) in [6.45, 7) is 3.33. The molecule has 0 fully saturated rings. The minimum atomic E-state index is -1.06. The quantitative estimate of drug-likeness (QED) is 0.294. The Hall–Kier alpha value is -2.46. The van der Waals surface area contributed by atoms with Crippen LogP contribution in [0.25, 0.3) is 0 Å². The Labute approximate surface area is 114 Å². The van der Waals surface area contributed by atoms with Gasteiger partial charge in [-0.15, -0.1) is 0 Å². The van der Waals surface area contributed by atoms with E-state index in [1.807, 2.05) is 0 Å². The predicted octanol–water partition coefficient (Wildman–Crippen LogP) is -0.721. The van der Waals surface area contributed by atoms with Crippen LogP contribution in [0.2, 0.25) is 0 Å². The van der Waals surface area contributed by atoms with Gasteiger partial charge in [-0.2, -0.15) is 0 Å². The molecule has 10 heteroatoms. The minimum absolute atomic E-state index is 0.0976. The van der Waals surface area contributed by atoms with Gasteiger partial charge in [-0.3, -0.25) is 9.59 Å². The molecule has 0 spiro atoms. The highest BCUT2D eigenvalue weighted by Crippen LogP contribution is 1.94. The van der Waals surface area contributed by atoms with Gasteiger partial charge >= 0.3 is 11.9 Å². The number of amides is 2. The normalized spacial score (nSPS) is 9.90. The lowest BCUT2D eigenvalue weighted by Gasteiger charge is -2.13. The van der Waals surface area contributed by atoms with Gasteiger partial charge < -0.3 is 9.68 Å².